The smallest absolute Gasteiger partial charge is 0.290 e. The molecule has 1 saturated heterocycles. The number of likely N-dealkylation sites (tertiary alicyclic amines) is 1. The number of carbonyl (C=O) groups is 2. The van der Waals surface area contributed by atoms with Gasteiger partial charge in [-0.15, -0.1) is 0 Å². The van der Waals surface area contributed by atoms with Crippen molar-refractivity contribution in [1.82, 2.24) is 4.90 Å². The van der Waals surface area contributed by atoms with Gasteiger partial charge in [0.2, 0.25) is 5.78 Å². The maximum absolute atomic E-state index is 11.7. The first-order valence-corrected chi connectivity index (χ1v) is 6.16. The normalized spacial score (nSPS) is 24.0. The van der Waals surface area contributed by atoms with Crippen LogP contribution in [0.4, 0.5) is 0 Å². The predicted octanol–water partition coefficient (Wildman–Crippen LogP) is 1.35. The van der Waals surface area contributed by atoms with Gasteiger partial charge in [-0.2, -0.15) is 0 Å². The highest BCUT2D eigenvalue weighted by atomic mass is 16.2. The number of hydrogen-bond donors (Lipinski definition) is 0. The van der Waals surface area contributed by atoms with E-state index >= 15 is 0 Å². The van der Waals surface area contributed by atoms with Crippen LogP contribution < -0.4 is 0 Å². The third kappa shape index (κ3) is 1.75. The lowest BCUT2D eigenvalue weighted by Gasteiger charge is -2.31. The Labute approximate surface area is 100 Å². The Morgan fingerprint density at radius 2 is 1.82 bits per heavy atom. The number of amides is 1. The minimum atomic E-state index is -0.269. The zero-order valence-corrected chi connectivity index (χ0v) is 9.69. The average molecular weight is 229 g/mol. The Bertz CT molecular complexity index is 481. The van der Waals surface area contributed by atoms with Crippen molar-refractivity contribution in [2.75, 3.05) is 6.54 Å². The Balaban J connectivity index is 1.80. The first kappa shape index (κ1) is 10.5. The highest BCUT2D eigenvalue weighted by molar-refractivity contribution is 6.37. The summed E-state index contributed by atoms with van der Waals surface area (Å²) in [5.41, 5.74) is 2.72. The van der Waals surface area contributed by atoms with Crippen molar-refractivity contribution in [3.8, 4) is 0 Å². The maximum Gasteiger partial charge on any atom is 0.290 e. The molecule has 88 valence electrons. The van der Waals surface area contributed by atoms with Gasteiger partial charge in [-0.1, -0.05) is 24.3 Å². The van der Waals surface area contributed by atoms with Crippen LogP contribution in [-0.2, 0) is 22.4 Å². The number of nitrogens with zero attached hydrogens (tertiary/aromatic N) is 1. The summed E-state index contributed by atoms with van der Waals surface area (Å²) < 4.78 is 0. The van der Waals surface area contributed by atoms with E-state index in [2.05, 4.69) is 18.2 Å². The van der Waals surface area contributed by atoms with Crippen LogP contribution in [0.25, 0.3) is 0 Å². The van der Waals surface area contributed by atoms with Crippen LogP contribution >= 0.6 is 0 Å². The molecule has 1 fully saturated rings. The highest BCUT2D eigenvalue weighted by Gasteiger charge is 2.35. The lowest BCUT2D eigenvalue weighted by Crippen LogP contribution is -2.41. The van der Waals surface area contributed by atoms with Crippen LogP contribution in [0.3, 0.4) is 0 Å². The van der Waals surface area contributed by atoms with Gasteiger partial charge >= 0.3 is 0 Å². The standard InChI is InChI=1S/C14H15NO2/c16-13-7-8-15(14(13)17)12-6-5-10-3-1-2-4-11(10)9-12/h1-4,12H,5-9H2. The van der Waals surface area contributed by atoms with E-state index in [0.717, 1.165) is 19.3 Å². The molecule has 0 spiro atoms. The van der Waals surface area contributed by atoms with E-state index in [1.54, 1.807) is 4.90 Å². The second-order valence-electron chi connectivity index (χ2n) is 4.84. The van der Waals surface area contributed by atoms with Gasteiger partial charge in [0, 0.05) is 19.0 Å². The fourth-order valence-corrected chi connectivity index (χ4v) is 2.88. The molecule has 2 aliphatic rings. The van der Waals surface area contributed by atoms with Crippen molar-refractivity contribution in [2.24, 2.45) is 0 Å². The molecule has 1 aliphatic heterocycles. The molecule has 1 unspecified atom stereocenters. The molecule has 0 aromatic heterocycles. The minimum absolute atomic E-state index is 0.219. The van der Waals surface area contributed by atoms with Crippen molar-refractivity contribution >= 4 is 11.7 Å². The molecule has 1 aliphatic carbocycles. The number of fused-ring (bicyclic) bond motifs is 1. The monoisotopic (exact) mass is 229 g/mol. The van der Waals surface area contributed by atoms with Gasteiger partial charge in [0.25, 0.3) is 5.91 Å². The first-order valence-electron chi connectivity index (χ1n) is 6.16. The Hall–Kier alpha value is -1.64. The number of benzene rings is 1. The van der Waals surface area contributed by atoms with Crippen LogP contribution in [0, 0.1) is 0 Å². The van der Waals surface area contributed by atoms with E-state index < -0.39 is 0 Å². The third-order valence-corrected chi connectivity index (χ3v) is 3.84. The number of Topliss-reactive ketones (excluding diaryl/α,β-unsaturated/α-hetero) is 1. The molecule has 1 aromatic carbocycles. The lowest BCUT2D eigenvalue weighted by molar-refractivity contribution is -0.141. The van der Waals surface area contributed by atoms with Gasteiger partial charge in [0.05, 0.1) is 0 Å². The van der Waals surface area contributed by atoms with Gasteiger partial charge in [-0.3, -0.25) is 9.59 Å². The van der Waals surface area contributed by atoms with Crippen molar-refractivity contribution in [2.45, 2.75) is 31.7 Å². The lowest BCUT2D eigenvalue weighted by atomic mass is 9.87. The van der Waals surface area contributed by atoms with Crippen molar-refractivity contribution in [3.63, 3.8) is 0 Å². The number of rotatable bonds is 1. The summed E-state index contributed by atoms with van der Waals surface area (Å²) in [5, 5.41) is 0. The van der Waals surface area contributed by atoms with E-state index in [1.165, 1.54) is 11.1 Å². The molecule has 0 radical (unpaired) electrons. The molecular formula is C14H15NO2. The Kier molecular flexibility index (Phi) is 2.46. The molecule has 17 heavy (non-hydrogen) atoms. The predicted molar refractivity (Wildman–Crippen MR) is 63.6 cm³/mol. The topological polar surface area (TPSA) is 37.4 Å². The second-order valence-corrected chi connectivity index (χ2v) is 4.84. The van der Waals surface area contributed by atoms with E-state index in [4.69, 9.17) is 0 Å². The van der Waals surface area contributed by atoms with Crippen LogP contribution in [0.1, 0.15) is 24.0 Å². The number of ketones is 1. The fraction of sp³-hybridized carbons (Fsp3) is 0.429. The molecule has 1 atom stereocenters. The first-order chi connectivity index (χ1) is 8.25. The van der Waals surface area contributed by atoms with Gasteiger partial charge in [-0.05, 0) is 30.4 Å². The molecule has 3 nitrogen and oxygen atoms in total. The maximum atomic E-state index is 11.7. The average Bonchev–Trinajstić information content (AvgIpc) is 2.70. The molecule has 1 amide bonds. The molecule has 0 bridgehead atoms. The number of carbonyl (C=O) groups excluding carboxylic acids is 2. The Morgan fingerprint density at radius 1 is 1.06 bits per heavy atom. The second kappa shape index (κ2) is 3.99. The van der Waals surface area contributed by atoms with Crippen LogP contribution in [-0.4, -0.2) is 29.2 Å². The molecule has 3 heteroatoms. The molecular weight excluding hydrogens is 214 g/mol. The Morgan fingerprint density at radius 3 is 2.53 bits per heavy atom. The zero-order chi connectivity index (χ0) is 11.8. The van der Waals surface area contributed by atoms with Crippen molar-refractivity contribution in [3.05, 3.63) is 35.4 Å². The minimum Gasteiger partial charge on any atom is -0.332 e. The summed E-state index contributed by atoms with van der Waals surface area (Å²) in [6, 6.07) is 8.61. The van der Waals surface area contributed by atoms with E-state index in [0.29, 0.717) is 13.0 Å². The number of aryl methyl sites for hydroxylation is 1. The molecule has 3 rings (SSSR count). The van der Waals surface area contributed by atoms with Gasteiger partial charge in [-0.25, -0.2) is 0 Å². The van der Waals surface area contributed by atoms with Crippen LogP contribution in [0.5, 0.6) is 0 Å². The molecule has 1 heterocycles. The fourth-order valence-electron chi connectivity index (χ4n) is 2.88. The van der Waals surface area contributed by atoms with Gasteiger partial charge in [0.15, 0.2) is 0 Å². The molecule has 0 N–H and O–H groups in total. The SMILES string of the molecule is O=C1CCN(C2CCc3ccccc3C2)C1=O. The van der Waals surface area contributed by atoms with E-state index in [1.807, 2.05) is 6.07 Å². The van der Waals surface area contributed by atoms with E-state index in [-0.39, 0.29) is 17.7 Å². The summed E-state index contributed by atoms with van der Waals surface area (Å²) in [6.07, 6.45) is 3.29. The summed E-state index contributed by atoms with van der Waals surface area (Å²) in [6.45, 7) is 0.616. The molecule has 1 aromatic rings. The number of hydrogen-bond acceptors (Lipinski definition) is 2. The van der Waals surface area contributed by atoms with Crippen molar-refractivity contribution < 1.29 is 9.59 Å². The summed E-state index contributed by atoms with van der Waals surface area (Å²) >= 11 is 0. The van der Waals surface area contributed by atoms with E-state index in [9.17, 15) is 9.59 Å². The third-order valence-electron chi connectivity index (χ3n) is 3.84. The van der Waals surface area contributed by atoms with Crippen LogP contribution in [0.2, 0.25) is 0 Å². The largest absolute Gasteiger partial charge is 0.332 e. The molecule has 0 saturated carbocycles. The van der Waals surface area contributed by atoms with Gasteiger partial charge in [0.1, 0.15) is 0 Å². The summed E-state index contributed by atoms with van der Waals surface area (Å²) in [7, 11) is 0. The summed E-state index contributed by atoms with van der Waals surface area (Å²) in [5.74, 6) is -0.488. The van der Waals surface area contributed by atoms with Gasteiger partial charge < -0.3 is 4.90 Å². The van der Waals surface area contributed by atoms with Crippen molar-refractivity contribution in [1.29, 1.82) is 0 Å². The summed E-state index contributed by atoms with van der Waals surface area (Å²) in [4.78, 5) is 24.8. The quantitative estimate of drug-likeness (QED) is 0.682. The van der Waals surface area contributed by atoms with Crippen LogP contribution in [0.15, 0.2) is 24.3 Å². The zero-order valence-electron chi connectivity index (χ0n) is 9.69. The highest BCUT2D eigenvalue weighted by Crippen LogP contribution is 2.26.